The van der Waals surface area contributed by atoms with E-state index in [9.17, 15) is 26.4 Å². The van der Waals surface area contributed by atoms with Gasteiger partial charge in [0.2, 0.25) is 21.8 Å². The van der Waals surface area contributed by atoms with Gasteiger partial charge in [0.25, 0.3) is 15.9 Å². The SMILES string of the molecule is C[Si](C)(C)CCCOc1ccn(-c2ccc(C(=O)NS(=O)(=O)c3ccccc3)c(Cl)n2)n1.C[Si](C)(C)CCCOc1ccn(-c2ccc(C(=O)O)c(Cl)n2)n1.NS(=O)(=O)c1ccccc1. The number of amides is 1. The molecule has 17 nitrogen and oxygen atoms in total. The first-order valence-corrected chi connectivity index (χ1v) is 31.3. The van der Waals surface area contributed by atoms with Gasteiger partial charge in [-0.25, -0.2) is 50.8 Å². The van der Waals surface area contributed by atoms with Crippen LogP contribution in [-0.4, -0.2) is 92.7 Å². The Bertz CT molecular complexity index is 2750. The third-order valence-electron chi connectivity index (χ3n) is 8.74. The second-order valence-electron chi connectivity index (χ2n) is 16.6. The molecule has 4 aromatic heterocycles. The second-order valence-corrected chi connectivity index (χ2v) is 31.9. The Kier molecular flexibility index (Phi) is 18.6. The molecule has 2 aromatic carbocycles. The molecule has 0 saturated heterocycles. The zero-order valence-electron chi connectivity index (χ0n) is 36.7. The summed E-state index contributed by atoms with van der Waals surface area (Å²) >= 11 is 12.0. The van der Waals surface area contributed by atoms with Crippen molar-refractivity contribution < 1.29 is 41.0 Å². The molecule has 4 N–H and O–H groups in total. The number of carboxylic acid groups (broad SMARTS) is 1. The quantitative estimate of drug-likeness (QED) is 0.0444. The van der Waals surface area contributed by atoms with Gasteiger partial charge >= 0.3 is 5.97 Å². The van der Waals surface area contributed by atoms with E-state index in [1.54, 1.807) is 67.0 Å². The first-order valence-electron chi connectivity index (χ1n) is 20.1. The normalized spacial score (nSPS) is 11.6. The number of carboxylic acids is 1. The minimum absolute atomic E-state index is 0.0250. The van der Waals surface area contributed by atoms with Gasteiger partial charge < -0.3 is 14.6 Å². The highest BCUT2D eigenvalue weighted by atomic mass is 35.5. The van der Waals surface area contributed by atoms with Crippen molar-refractivity contribution in [1.29, 1.82) is 0 Å². The molecule has 6 aromatic rings. The van der Waals surface area contributed by atoms with Gasteiger partial charge in [-0.2, -0.15) is 0 Å². The largest absolute Gasteiger partial charge is 0.478 e. The molecular formula is C42H52Cl2N8O9S2Si2. The number of aromatic nitrogens is 6. The first kappa shape index (κ1) is 52.2. The highest BCUT2D eigenvalue weighted by Gasteiger charge is 2.22. The van der Waals surface area contributed by atoms with Crippen LogP contribution in [0.25, 0.3) is 11.6 Å². The summed E-state index contributed by atoms with van der Waals surface area (Å²) < 4.78 is 62.2. The average Bonchev–Trinajstić information content (AvgIpc) is 3.92. The van der Waals surface area contributed by atoms with Crippen LogP contribution in [0, 0.1) is 0 Å². The molecule has 0 bridgehead atoms. The number of carbonyl (C=O) groups excluding carboxylic acids is 1. The summed E-state index contributed by atoms with van der Waals surface area (Å²) in [5, 5.41) is 22.1. The zero-order valence-corrected chi connectivity index (χ0v) is 41.8. The van der Waals surface area contributed by atoms with Crippen molar-refractivity contribution in [2.75, 3.05) is 13.2 Å². The van der Waals surface area contributed by atoms with Gasteiger partial charge in [-0.3, -0.25) is 4.79 Å². The van der Waals surface area contributed by atoms with Crippen LogP contribution in [0.4, 0.5) is 0 Å². The van der Waals surface area contributed by atoms with E-state index in [4.69, 9.17) is 42.9 Å². The van der Waals surface area contributed by atoms with Crippen LogP contribution in [0.1, 0.15) is 33.6 Å². The van der Waals surface area contributed by atoms with Crippen molar-refractivity contribution in [2.24, 2.45) is 5.14 Å². The van der Waals surface area contributed by atoms with Gasteiger partial charge in [0.1, 0.15) is 10.3 Å². The van der Waals surface area contributed by atoms with Crippen LogP contribution in [-0.2, 0) is 20.0 Å². The van der Waals surface area contributed by atoms with Crippen molar-refractivity contribution >= 4 is 71.3 Å². The molecule has 0 aliphatic rings. The molecule has 6 rings (SSSR count). The Morgan fingerprint density at radius 1 is 0.646 bits per heavy atom. The lowest BCUT2D eigenvalue weighted by molar-refractivity contribution is 0.0696. The predicted molar refractivity (Wildman–Crippen MR) is 255 cm³/mol. The maximum absolute atomic E-state index is 12.5. The minimum atomic E-state index is -4.02. The zero-order chi connectivity index (χ0) is 48.0. The first-order chi connectivity index (χ1) is 30.4. The number of nitrogens with two attached hydrogens (primary N) is 1. The highest BCUT2D eigenvalue weighted by molar-refractivity contribution is 7.90. The van der Waals surface area contributed by atoms with E-state index in [0.29, 0.717) is 36.6 Å². The summed E-state index contributed by atoms with van der Waals surface area (Å²) in [4.78, 5) is 31.7. The predicted octanol–water partition coefficient (Wildman–Crippen LogP) is 8.21. The standard InChI is InChI=1S/C21H25ClN4O4SSi.C15H20ClN3O3Si.C6H7NO2S/c1-32(2,3)15-7-14-30-19-12-13-26(24-19)18-11-10-17(20(22)23-18)21(27)25-31(28,29)16-8-5-4-6-9-16;1-23(2,3)10-4-9-22-13-7-8-19(18-13)12-6-5-11(15(20)21)14(16)17-12;7-10(8,9)6-4-2-1-3-5-6/h4-6,8-13H,7,14-15H2,1-3H3,(H,25,27);5-8H,4,9-10H2,1-3H3,(H,20,21);1-5H,(H2,7,8,9). The number of hydrogen-bond acceptors (Lipinski definition) is 12. The fourth-order valence-corrected chi connectivity index (χ4v) is 9.86. The third kappa shape index (κ3) is 17.5. The monoisotopic (exact) mass is 1000 g/mol. The topological polar surface area (TPSA) is 241 Å². The summed E-state index contributed by atoms with van der Waals surface area (Å²) in [6.07, 6.45) is 5.36. The van der Waals surface area contributed by atoms with E-state index in [1.165, 1.54) is 63.9 Å². The van der Waals surface area contributed by atoms with E-state index >= 15 is 0 Å². The Balaban J connectivity index is 0.000000243. The molecular weight excluding hydrogens is 952 g/mol. The smallest absolute Gasteiger partial charge is 0.338 e. The van der Waals surface area contributed by atoms with Crippen molar-refractivity contribution in [1.82, 2.24) is 34.3 Å². The Hall–Kier alpha value is -5.43. The molecule has 0 saturated carbocycles. The maximum Gasteiger partial charge on any atom is 0.338 e. The van der Waals surface area contributed by atoms with Crippen LogP contribution in [0.3, 0.4) is 0 Å². The van der Waals surface area contributed by atoms with Gasteiger partial charge in [-0.05, 0) is 61.4 Å². The summed E-state index contributed by atoms with van der Waals surface area (Å²) in [6.45, 7) is 15.2. The molecule has 4 heterocycles. The van der Waals surface area contributed by atoms with Crippen LogP contribution in [0.15, 0.2) is 119 Å². The molecule has 65 heavy (non-hydrogen) atoms. The van der Waals surface area contributed by atoms with Gasteiger partial charge in [0.05, 0.1) is 34.1 Å². The second kappa shape index (κ2) is 23.2. The molecule has 0 unspecified atom stereocenters. The lowest BCUT2D eigenvalue weighted by atomic mass is 10.3. The van der Waals surface area contributed by atoms with Crippen molar-refractivity contribution in [3.63, 3.8) is 0 Å². The van der Waals surface area contributed by atoms with Crippen LogP contribution >= 0.6 is 23.2 Å². The van der Waals surface area contributed by atoms with Gasteiger partial charge in [-0.1, -0.05) is 111 Å². The highest BCUT2D eigenvalue weighted by Crippen LogP contribution is 2.21. The van der Waals surface area contributed by atoms with E-state index < -0.39 is 48.1 Å². The van der Waals surface area contributed by atoms with Gasteiger partial charge in [0.15, 0.2) is 11.6 Å². The summed E-state index contributed by atoms with van der Waals surface area (Å²) in [5.41, 5.74) is -0.102. The van der Waals surface area contributed by atoms with E-state index in [-0.39, 0.29) is 31.2 Å². The number of nitrogens with zero attached hydrogens (tertiary/aromatic N) is 6. The fraction of sp³-hybridized carbons (Fsp3) is 0.286. The number of aromatic carboxylic acids is 1. The van der Waals surface area contributed by atoms with Crippen LogP contribution in [0.2, 0.25) is 61.7 Å². The lowest BCUT2D eigenvalue weighted by Gasteiger charge is -2.14. The number of carbonyl (C=O) groups is 2. The average molecular weight is 1000 g/mol. The third-order valence-corrected chi connectivity index (χ3v) is 15.3. The Morgan fingerprint density at radius 3 is 1.43 bits per heavy atom. The molecule has 0 spiro atoms. The van der Waals surface area contributed by atoms with Gasteiger partial charge in [0, 0.05) is 40.7 Å². The molecule has 0 aliphatic carbocycles. The number of pyridine rings is 2. The van der Waals surface area contributed by atoms with Crippen LogP contribution in [0.5, 0.6) is 11.8 Å². The van der Waals surface area contributed by atoms with Gasteiger partial charge in [-0.15, -0.1) is 10.2 Å². The summed E-state index contributed by atoms with van der Waals surface area (Å²) in [7, 11) is -9.67. The number of hydrogen-bond donors (Lipinski definition) is 3. The summed E-state index contributed by atoms with van der Waals surface area (Å²) in [6, 6.07) is 27.2. The van der Waals surface area contributed by atoms with Crippen molar-refractivity contribution in [2.45, 2.75) is 74.0 Å². The maximum atomic E-state index is 12.5. The Labute approximate surface area is 391 Å². The number of rotatable bonds is 17. The number of ether oxygens (including phenoxy) is 2. The number of halogens is 2. The number of nitrogens with one attached hydrogen (secondary N) is 1. The molecule has 23 heteroatoms. The minimum Gasteiger partial charge on any atom is -0.478 e. The molecule has 0 atom stereocenters. The molecule has 348 valence electrons. The number of primary sulfonamides is 1. The van der Waals surface area contributed by atoms with Crippen molar-refractivity contribution in [3.8, 4) is 23.4 Å². The molecule has 1 amide bonds. The lowest BCUT2D eigenvalue weighted by Crippen LogP contribution is -2.31. The van der Waals surface area contributed by atoms with Crippen LogP contribution < -0.4 is 19.3 Å². The molecule has 0 radical (unpaired) electrons. The Morgan fingerprint density at radius 2 is 1.06 bits per heavy atom. The molecule has 0 aliphatic heterocycles. The number of benzene rings is 2. The van der Waals surface area contributed by atoms with Crippen molar-refractivity contribution in [3.05, 3.63) is 131 Å². The molecule has 0 fully saturated rings. The summed E-state index contributed by atoms with van der Waals surface area (Å²) in [5.74, 6) is -0.188. The number of sulfonamides is 2. The van der Waals surface area contributed by atoms with E-state index in [2.05, 4.69) is 59.4 Å². The van der Waals surface area contributed by atoms with E-state index in [0.717, 1.165) is 12.8 Å². The van der Waals surface area contributed by atoms with E-state index in [1.807, 2.05) is 4.72 Å². The fourth-order valence-electron chi connectivity index (χ4n) is 5.46.